The van der Waals surface area contributed by atoms with Gasteiger partial charge >= 0.3 is 0 Å². The molecule has 0 saturated heterocycles. The van der Waals surface area contributed by atoms with Crippen molar-refractivity contribution >= 4 is 33.2 Å². The lowest BCUT2D eigenvalue weighted by Crippen LogP contribution is -1.71. The molecule has 0 aliphatic heterocycles. The first-order valence-electron chi connectivity index (χ1n) is 2.88. The topological polar surface area (TPSA) is 69.0 Å². The van der Waals surface area contributed by atoms with E-state index < -0.39 is 0 Å². The van der Waals surface area contributed by atoms with Crippen molar-refractivity contribution in [2.75, 3.05) is 0 Å². The Kier molecular flexibility index (Phi) is 2.81. The predicted octanol–water partition coefficient (Wildman–Crippen LogP) is 3.75. The average Bonchev–Trinajstić information content (AvgIpc) is 2.01. The normalized spacial score (nSPS) is 9.17. The van der Waals surface area contributed by atoms with Crippen LogP contribution in [0.4, 0.5) is 5.69 Å². The highest BCUT2D eigenvalue weighted by molar-refractivity contribution is 9.10. The first-order chi connectivity index (χ1) is 5.65. The van der Waals surface area contributed by atoms with Crippen LogP contribution >= 0.6 is 27.5 Å². The molecule has 0 spiro atoms. The summed E-state index contributed by atoms with van der Waals surface area (Å²) < 4.78 is 0.400. The summed E-state index contributed by atoms with van der Waals surface area (Å²) in [7, 11) is 0. The van der Waals surface area contributed by atoms with Crippen LogP contribution in [0.25, 0.3) is 10.4 Å². The lowest BCUT2D eigenvalue weighted by atomic mass is 10.3. The fourth-order valence-corrected chi connectivity index (χ4v) is 1.44. The molecule has 6 heteroatoms. The van der Waals surface area contributed by atoms with Crippen molar-refractivity contribution in [3.8, 4) is 5.75 Å². The van der Waals surface area contributed by atoms with E-state index in [1.165, 1.54) is 12.1 Å². The monoisotopic (exact) mass is 247 g/mol. The van der Waals surface area contributed by atoms with Crippen LogP contribution in [0.5, 0.6) is 5.75 Å². The average molecular weight is 248 g/mol. The second-order valence-corrected chi connectivity index (χ2v) is 3.21. The number of halogens is 2. The van der Waals surface area contributed by atoms with Crippen LogP contribution in [-0.4, -0.2) is 5.11 Å². The molecule has 0 radical (unpaired) electrons. The van der Waals surface area contributed by atoms with Crippen LogP contribution in [-0.2, 0) is 0 Å². The first-order valence-corrected chi connectivity index (χ1v) is 4.05. The molecule has 1 aromatic rings. The Hall–Kier alpha value is -0.900. The van der Waals surface area contributed by atoms with E-state index in [4.69, 9.17) is 17.1 Å². The number of hydrogen-bond donors (Lipinski definition) is 1. The summed E-state index contributed by atoms with van der Waals surface area (Å²) in [5.74, 6) is -0.0615. The standard InChI is InChI=1S/C6H3BrClN3O/c7-4-1-3(10-11-9)2-5(8)6(4)12/h1-2,12H. The summed E-state index contributed by atoms with van der Waals surface area (Å²) in [6.07, 6.45) is 0. The van der Waals surface area contributed by atoms with Crippen LogP contribution in [0, 0.1) is 0 Å². The number of benzene rings is 1. The van der Waals surface area contributed by atoms with E-state index in [0.717, 1.165) is 0 Å². The number of rotatable bonds is 1. The smallest absolute Gasteiger partial charge is 0.148 e. The van der Waals surface area contributed by atoms with Gasteiger partial charge in [0.05, 0.1) is 9.50 Å². The maximum absolute atomic E-state index is 9.19. The molecule has 0 amide bonds. The van der Waals surface area contributed by atoms with Crippen LogP contribution in [0.3, 0.4) is 0 Å². The van der Waals surface area contributed by atoms with Crippen molar-refractivity contribution in [3.63, 3.8) is 0 Å². The molecule has 1 aromatic carbocycles. The highest BCUT2D eigenvalue weighted by Gasteiger charge is 2.04. The number of azide groups is 1. The van der Waals surface area contributed by atoms with Crippen molar-refractivity contribution in [3.05, 3.63) is 32.1 Å². The second kappa shape index (κ2) is 3.67. The molecule has 1 rings (SSSR count). The Morgan fingerprint density at radius 3 is 2.75 bits per heavy atom. The summed E-state index contributed by atoms with van der Waals surface area (Å²) in [5.41, 5.74) is 8.46. The third-order valence-electron chi connectivity index (χ3n) is 1.16. The molecule has 0 aliphatic carbocycles. The van der Waals surface area contributed by atoms with Gasteiger partial charge in [0.15, 0.2) is 0 Å². The second-order valence-electron chi connectivity index (χ2n) is 1.95. The lowest BCUT2D eigenvalue weighted by molar-refractivity contribution is 0.472. The Balaban J connectivity index is 3.30. The third kappa shape index (κ3) is 1.82. The maximum atomic E-state index is 9.19. The third-order valence-corrected chi connectivity index (χ3v) is 2.05. The summed E-state index contributed by atoms with van der Waals surface area (Å²) >= 11 is 8.64. The summed E-state index contributed by atoms with van der Waals surface area (Å²) in [6, 6.07) is 2.85. The SMILES string of the molecule is [N-]=[N+]=Nc1cc(Cl)c(O)c(Br)c1. The molecule has 12 heavy (non-hydrogen) atoms. The van der Waals surface area contributed by atoms with Crippen molar-refractivity contribution in [1.82, 2.24) is 0 Å². The zero-order valence-electron chi connectivity index (χ0n) is 5.70. The highest BCUT2D eigenvalue weighted by atomic mass is 79.9. The fraction of sp³-hybridized carbons (Fsp3) is 0. The Morgan fingerprint density at radius 1 is 1.58 bits per heavy atom. The van der Waals surface area contributed by atoms with Gasteiger partial charge in [-0.2, -0.15) is 0 Å². The van der Waals surface area contributed by atoms with E-state index in [2.05, 4.69) is 26.0 Å². The van der Waals surface area contributed by atoms with Gasteiger partial charge in [0.1, 0.15) is 5.75 Å². The molecule has 0 heterocycles. The quantitative estimate of drug-likeness (QED) is 0.459. The largest absolute Gasteiger partial charge is 0.505 e. The van der Waals surface area contributed by atoms with Gasteiger partial charge in [0.2, 0.25) is 0 Å². The number of nitrogens with zero attached hydrogens (tertiary/aromatic N) is 3. The van der Waals surface area contributed by atoms with Gasteiger partial charge in [-0.15, -0.1) is 0 Å². The van der Waals surface area contributed by atoms with Gasteiger partial charge in [0, 0.05) is 10.6 Å². The minimum atomic E-state index is -0.0615. The molecule has 0 aromatic heterocycles. The molecule has 1 N–H and O–H groups in total. The van der Waals surface area contributed by atoms with Crippen molar-refractivity contribution < 1.29 is 5.11 Å². The van der Waals surface area contributed by atoms with Gasteiger partial charge < -0.3 is 5.11 Å². The van der Waals surface area contributed by atoms with Crippen molar-refractivity contribution in [2.45, 2.75) is 0 Å². The Morgan fingerprint density at radius 2 is 2.25 bits per heavy atom. The summed E-state index contributed by atoms with van der Waals surface area (Å²) in [5, 5.41) is 12.7. The molecular formula is C6H3BrClN3O. The number of aromatic hydroxyl groups is 1. The Labute approximate surface area is 81.5 Å². The molecular weight excluding hydrogens is 245 g/mol. The van der Waals surface area contributed by atoms with E-state index in [9.17, 15) is 5.11 Å². The zero-order valence-corrected chi connectivity index (χ0v) is 8.04. The fourth-order valence-electron chi connectivity index (χ4n) is 0.662. The van der Waals surface area contributed by atoms with Gasteiger partial charge in [0.25, 0.3) is 0 Å². The van der Waals surface area contributed by atoms with E-state index in [-0.39, 0.29) is 10.8 Å². The highest BCUT2D eigenvalue weighted by Crippen LogP contribution is 2.35. The van der Waals surface area contributed by atoms with E-state index in [0.29, 0.717) is 10.2 Å². The van der Waals surface area contributed by atoms with Crippen LogP contribution in [0.15, 0.2) is 21.7 Å². The molecule has 0 unspecified atom stereocenters. The number of hydrogen-bond acceptors (Lipinski definition) is 2. The van der Waals surface area contributed by atoms with Gasteiger partial charge in [-0.3, -0.25) is 0 Å². The lowest BCUT2D eigenvalue weighted by Gasteiger charge is -1.99. The van der Waals surface area contributed by atoms with Crippen LogP contribution < -0.4 is 0 Å². The van der Waals surface area contributed by atoms with Crippen molar-refractivity contribution in [2.24, 2.45) is 5.11 Å². The molecule has 0 fully saturated rings. The molecule has 0 bridgehead atoms. The predicted molar refractivity (Wildman–Crippen MR) is 49.6 cm³/mol. The van der Waals surface area contributed by atoms with Crippen LogP contribution in [0.1, 0.15) is 0 Å². The molecule has 0 aliphatic rings. The molecule has 0 saturated carbocycles. The molecule has 0 atom stereocenters. The molecule has 4 nitrogen and oxygen atoms in total. The number of phenols is 1. The van der Waals surface area contributed by atoms with E-state index in [1.807, 2.05) is 0 Å². The Bertz CT molecular complexity index is 339. The van der Waals surface area contributed by atoms with E-state index in [1.54, 1.807) is 0 Å². The van der Waals surface area contributed by atoms with Gasteiger partial charge in [-0.05, 0) is 33.6 Å². The summed E-state index contributed by atoms with van der Waals surface area (Å²) in [4.78, 5) is 2.58. The minimum absolute atomic E-state index is 0.0615. The van der Waals surface area contributed by atoms with Crippen LogP contribution in [0.2, 0.25) is 5.02 Å². The van der Waals surface area contributed by atoms with Gasteiger partial charge in [-0.25, -0.2) is 0 Å². The molecule has 62 valence electrons. The van der Waals surface area contributed by atoms with Gasteiger partial charge in [-0.1, -0.05) is 16.7 Å². The van der Waals surface area contributed by atoms with E-state index >= 15 is 0 Å². The number of phenolic OH excluding ortho intramolecular Hbond substituents is 1. The maximum Gasteiger partial charge on any atom is 0.148 e. The first kappa shape index (κ1) is 9.19. The zero-order chi connectivity index (χ0) is 9.14. The summed E-state index contributed by atoms with van der Waals surface area (Å²) in [6.45, 7) is 0. The van der Waals surface area contributed by atoms with Crippen molar-refractivity contribution in [1.29, 1.82) is 0 Å². The minimum Gasteiger partial charge on any atom is -0.505 e.